The Balaban J connectivity index is 1.84. The summed E-state index contributed by atoms with van der Waals surface area (Å²) in [5, 5.41) is 0. The molecular formula is C15H26N2O. The lowest BCUT2D eigenvalue weighted by molar-refractivity contribution is -0.124. The van der Waals surface area contributed by atoms with Crippen molar-refractivity contribution in [3.05, 3.63) is 0 Å². The largest absolute Gasteiger partial charge is 0.298 e. The Morgan fingerprint density at radius 2 is 1.94 bits per heavy atom. The lowest BCUT2D eigenvalue weighted by Gasteiger charge is -2.49. The van der Waals surface area contributed by atoms with Crippen LogP contribution in [0.2, 0.25) is 0 Å². The molecule has 18 heavy (non-hydrogen) atoms. The molecule has 4 fully saturated rings. The molecule has 3 atom stereocenters. The summed E-state index contributed by atoms with van der Waals surface area (Å²) >= 11 is 0. The minimum atomic E-state index is 0.181. The highest BCUT2D eigenvalue weighted by Gasteiger charge is 2.53. The highest BCUT2D eigenvalue weighted by atomic mass is 16.1. The Morgan fingerprint density at radius 1 is 1.28 bits per heavy atom. The van der Waals surface area contributed by atoms with Crippen LogP contribution in [0.3, 0.4) is 0 Å². The summed E-state index contributed by atoms with van der Waals surface area (Å²) in [6, 6.07) is 0.717. The summed E-state index contributed by atoms with van der Waals surface area (Å²) in [6.07, 6.45) is 2.72. The number of likely N-dealkylation sites (tertiary alicyclic amines) is 1. The summed E-state index contributed by atoms with van der Waals surface area (Å²) in [6.45, 7) is 11.0. The molecule has 4 aliphatic heterocycles. The van der Waals surface area contributed by atoms with Gasteiger partial charge in [-0.05, 0) is 50.6 Å². The summed E-state index contributed by atoms with van der Waals surface area (Å²) in [7, 11) is 0. The molecule has 2 bridgehead atoms. The Kier molecular flexibility index (Phi) is 3.23. The number of fused-ring (bicyclic) bond motifs is 2. The van der Waals surface area contributed by atoms with Crippen LogP contribution < -0.4 is 0 Å². The third-order valence-electron chi connectivity index (χ3n) is 5.22. The van der Waals surface area contributed by atoms with Gasteiger partial charge in [-0.1, -0.05) is 13.8 Å². The Labute approximate surface area is 111 Å². The molecule has 102 valence electrons. The zero-order chi connectivity index (χ0) is 12.9. The topological polar surface area (TPSA) is 23.6 Å². The van der Waals surface area contributed by atoms with E-state index in [-0.39, 0.29) is 6.04 Å². The Morgan fingerprint density at radius 3 is 2.50 bits per heavy atom. The maximum absolute atomic E-state index is 12.1. The molecule has 4 saturated heterocycles. The van der Waals surface area contributed by atoms with Crippen molar-refractivity contribution in [3.63, 3.8) is 0 Å². The van der Waals surface area contributed by atoms with Gasteiger partial charge in [0, 0.05) is 19.1 Å². The van der Waals surface area contributed by atoms with Gasteiger partial charge < -0.3 is 0 Å². The van der Waals surface area contributed by atoms with E-state index in [4.69, 9.17) is 0 Å². The highest BCUT2D eigenvalue weighted by Crippen LogP contribution is 2.44. The Bertz CT molecular complexity index is 333. The normalized spacial score (nSPS) is 43.4. The molecule has 0 aromatic rings. The number of carbonyl (C=O) groups is 1. The van der Waals surface area contributed by atoms with Crippen LogP contribution in [0.5, 0.6) is 0 Å². The van der Waals surface area contributed by atoms with E-state index in [1.54, 1.807) is 6.92 Å². The summed E-state index contributed by atoms with van der Waals surface area (Å²) in [5.74, 6) is 2.69. The van der Waals surface area contributed by atoms with Crippen LogP contribution in [0.25, 0.3) is 0 Å². The second-order valence-corrected chi connectivity index (χ2v) is 6.93. The molecule has 0 N–H and O–H groups in total. The number of hydrogen-bond acceptors (Lipinski definition) is 3. The minimum Gasteiger partial charge on any atom is -0.298 e. The lowest BCUT2D eigenvalue weighted by Crippen LogP contribution is -2.58. The van der Waals surface area contributed by atoms with Crippen LogP contribution in [-0.4, -0.2) is 53.8 Å². The van der Waals surface area contributed by atoms with Crippen molar-refractivity contribution in [2.24, 2.45) is 17.8 Å². The number of nitrogens with zero attached hydrogens (tertiary/aromatic N) is 2. The number of ketones is 1. The monoisotopic (exact) mass is 250 g/mol. The molecule has 0 amide bonds. The van der Waals surface area contributed by atoms with E-state index in [0.29, 0.717) is 17.7 Å². The van der Waals surface area contributed by atoms with Gasteiger partial charge in [-0.15, -0.1) is 0 Å². The van der Waals surface area contributed by atoms with Crippen LogP contribution in [0.1, 0.15) is 33.6 Å². The van der Waals surface area contributed by atoms with E-state index >= 15 is 0 Å². The van der Waals surface area contributed by atoms with Crippen LogP contribution in [0.4, 0.5) is 0 Å². The summed E-state index contributed by atoms with van der Waals surface area (Å²) < 4.78 is 0. The number of carbonyl (C=O) groups excluding carboxylic acids is 1. The Hall–Kier alpha value is -0.410. The first kappa shape index (κ1) is 12.6. The standard InChI is InChI=1S/C15H26N2O/c1-10(2)8-17-9-13-12-4-6-16(7-5-12)15(13)14(17)11(3)18/h10,12-15H,4-9H2,1-3H3. The van der Waals surface area contributed by atoms with Crippen LogP contribution in [0, 0.1) is 17.8 Å². The van der Waals surface area contributed by atoms with Crippen molar-refractivity contribution in [1.82, 2.24) is 9.80 Å². The molecule has 3 heteroatoms. The van der Waals surface area contributed by atoms with Crippen molar-refractivity contribution < 1.29 is 4.79 Å². The number of piperidine rings is 3. The molecule has 4 heterocycles. The highest BCUT2D eigenvalue weighted by molar-refractivity contribution is 5.83. The first-order valence-electron chi connectivity index (χ1n) is 7.56. The molecule has 0 aromatic carbocycles. The van der Waals surface area contributed by atoms with Crippen molar-refractivity contribution in [2.75, 3.05) is 26.2 Å². The van der Waals surface area contributed by atoms with E-state index in [0.717, 1.165) is 24.9 Å². The summed E-state index contributed by atoms with van der Waals surface area (Å²) in [5.41, 5.74) is 0. The third kappa shape index (κ3) is 1.92. The predicted molar refractivity (Wildman–Crippen MR) is 72.5 cm³/mol. The molecular weight excluding hydrogens is 224 g/mol. The van der Waals surface area contributed by atoms with E-state index < -0.39 is 0 Å². The molecule has 0 aliphatic carbocycles. The van der Waals surface area contributed by atoms with Crippen molar-refractivity contribution >= 4 is 5.78 Å². The quantitative estimate of drug-likeness (QED) is 0.760. The fourth-order valence-corrected chi connectivity index (χ4v) is 4.64. The predicted octanol–water partition coefficient (Wildman–Crippen LogP) is 1.63. The number of rotatable bonds is 3. The van der Waals surface area contributed by atoms with Crippen molar-refractivity contribution in [1.29, 1.82) is 0 Å². The van der Waals surface area contributed by atoms with Crippen molar-refractivity contribution in [3.8, 4) is 0 Å². The molecule has 0 radical (unpaired) electrons. The first-order chi connectivity index (χ1) is 8.58. The molecule has 0 spiro atoms. The molecule has 3 nitrogen and oxygen atoms in total. The maximum atomic E-state index is 12.1. The molecule has 3 unspecified atom stereocenters. The smallest absolute Gasteiger partial charge is 0.148 e. The van der Waals surface area contributed by atoms with Gasteiger partial charge in [-0.25, -0.2) is 0 Å². The second-order valence-electron chi connectivity index (χ2n) is 6.93. The number of hydrogen-bond donors (Lipinski definition) is 0. The first-order valence-corrected chi connectivity index (χ1v) is 7.56. The van der Waals surface area contributed by atoms with Gasteiger partial charge >= 0.3 is 0 Å². The van der Waals surface area contributed by atoms with Crippen LogP contribution in [0.15, 0.2) is 0 Å². The van der Waals surface area contributed by atoms with Crippen LogP contribution >= 0.6 is 0 Å². The molecule has 4 rings (SSSR count). The van der Waals surface area contributed by atoms with Crippen molar-refractivity contribution in [2.45, 2.75) is 45.7 Å². The van der Waals surface area contributed by atoms with Gasteiger partial charge in [0.2, 0.25) is 0 Å². The fraction of sp³-hybridized carbons (Fsp3) is 0.933. The van der Waals surface area contributed by atoms with E-state index in [9.17, 15) is 4.79 Å². The average Bonchev–Trinajstić information content (AvgIpc) is 2.70. The van der Waals surface area contributed by atoms with Gasteiger partial charge in [0.05, 0.1) is 6.04 Å². The van der Waals surface area contributed by atoms with Gasteiger partial charge in [0.1, 0.15) is 5.78 Å². The third-order valence-corrected chi connectivity index (χ3v) is 5.22. The van der Waals surface area contributed by atoms with E-state index in [1.165, 1.54) is 25.9 Å². The van der Waals surface area contributed by atoms with Gasteiger partial charge in [-0.2, -0.15) is 0 Å². The van der Waals surface area contributed by atoms with E-state index in [2.05, 4.69) is 23.6 Å². The lowest BCUT2D eigenvalue weighted by atomic mass is 9.73. The van der Waals surface area contributed by atoms with E-state index in [1.807, 2.05) is 0 Å². The average molecular weight is 250 g/mol. The SMILES string of the molecule is CC(=O)C1C2C(CN1CC(C)C)C1CCN2CC1. The minimum absolute atomic E-state index is 0.181. The van der Waals surface area contributed by atoms with Gasteiger partial charge in [-0.3, -0.25) is 14.6 Å². The molecule has 4 aliphatic rings. The summed E-state index contributed by atoms with van der Waals surface area (Å²) in [4.78, 5) is 17.2. The van der Waals surface area contributed by atoms with Crippen LogP contribution in [-0.2, 0) is 4.79 Å². The van der Waals surface area contributed by atoms with Gasteiger partial charge in [0.25, 0.3) is 0 Å². The zero-order valence-corrected chi connectivity index (χ0v) is 11.9. The fourth-order valence-electron chi connectivity index (χ4n) is 4.64. The molecule has 0 saturated carbocycles. The zero-order valence-electron chi connectivity index (χ0n) is 11.9. The maximum Gasteiger partial charge on any atom is 0.148 e. The second kappa shape index (κ2) is 4.61. The molecule has 0 aromatic heterocycles. The van der Waals surface area contributed by atoms with Gasteiger partial charge in [0.15, 0.2) is 0 Å². The number of Topliss-reactive ketones (excluding diaryl/α,β-unsaturated/α-hetero) is 1.